The largest absolute Gasteiger partial charge is 0.336 e. The van der Waals surface area contributed by atoms with Crippen LogP contribution in [0.15, 0.2) is 42.6 Å². The molecule has 9 heteroatoms. The van der Waals surface area contributed by atoms with Gasteiger partial charge in [-0.3, -0.25) is 14.0 Å². The number of hydrogen-bond acceptors (Lipinski definition) is 5. The molecule has 34 heavy (non-hydrogen) atoms. The van der Waals surface area contributed by atoms with E-state index in [-0.39, 0.29) is 17.5 Å². The Labute approximate surface area is 196 Å². The molecule has 0 radical (unpaired) electrons. The number of nitriles is 1. The molecule has 0 bridgehead atoms. The predicted molar refractivity (Wildman–Crippen MR) is 126 cm³/mol. The van der Waals surface area contributed by atoms with Crippen LogP contribution in [-0.4, -0.2) is 49.3 Å². The zero-order chi connectivity index (χ0) is 24.0. The van der Waals surface area contributed by atoms with Crippen LogP contribution in [0.25, 0.3) is 28.0 Å². The second-order valence-corrected chi connectivity index (χ2v) is 8.68. The second kappa shape index (κ2) is 8.39. The number of nitrogens with two attached hydrogens (primary N) is 1. The Balaban J connectivity index is 1.68. The number of hydrogen-bond donors (Lipinski definition) is 1. The molecule has 5 rings (SSSR count). The summed E-state index contributed by atoms with van der Waals surface area (Å²) in [6.07, 6.45) is 3.50. The summed E-state index contributed by atoms with van der Waals surface area (Å²) in [4.78, 5) is 19.9. The third-order valence-electron chi connectivity index (χ3n) is 6.39. The first-order valence-electron chi connectivity index (χ1n) is 11.1. The molecule has 1 aliphatic rings. The van der Waals surface area contributed by atoms with E-state index in [2.05, 4.69) is 5.10 Å². The lowest BCUT2D eigenvalue weighted by molar-refractivity contribution is 0.0702. The molecule has 8 nitrogen and oxygen atoms in total. The average Bonchev–Trinajstić information content (AvgIpc) is 3.38. The van der Waals surface area contributed by atoms with Crippen molar-refractivity contribution in [3.63, 3.8) is 0 Å². The second-order valence-electron chi connectivity index (χ2n) is 8.68. The molecule has 2 N–H and O–H groups in total. The summed E-state index contributed by atoms with van der Waals surface area (Å²) in [6.45, 7) is 2.94. The number of rotatable bonds is 3. The fraction of sp³-hybridized carbons (Fsp3) is 0.280. The molecular formula is C25H24FN7O. The van der Waals surface area contributed by atoms with Crippen LogP contribution in [0.5, 0.6) is 0 Å². The Morgan fingerprint density at radius 1 is 1.26 bits per heavy atom. The highest BCUT2D eigenvalue weighted by atomic mass is 19.1. The number of benzene rings is 2. The van der Waals surface area contributed by atoms with Gasteiger partial charge in [0.25, 0.3) is 5.91 Å². The van der Waals surface area contributed by atoms with Crippen molar-refractivity contribution in [1.82, 2.24) is 24.2 Å². The van der Waals surface area contributed by atoms with Crippen molar-refractivity contribution in [2.24, 2.45) is 12.8 Å². The van der Waals surface area contributed by atoms with E-state index in [0.29, 0.717) is 35.9 Å². The van der Waals surface area contributed by atoms with E-state index in [1.165, 1.54) is 12.1 Å². The van der Waals surface area contributed by atoms with Crippen LogP contribution in [0, 0.1) is 24.1 Å². The molecule has 1 fully saturated rings. The minimum atomic E-state index is -0.634. The SMILES string of the molecule is Cc1c(C(=O)N2CCC[C@@H](N)C2)nc(-c2ccc(C#N)c(F)c2)n1-c1ccc2c(cnn2C)c1. The van der Waals surface area contributed by atoms with Crippen LogP contribution in [-0.2, 0) is 7.05 Å². The van der Waals surface area contributed by atoms with E-state index in [9.17, 15) is 9.18 Å². The summed E-state index contributed by atoms with van der Waals surface area (Å²) in [5, 5.41) is 14.4. The van der Waals surface area contributed by atoms with E-state index >= 15 is 0 Å². The molecule has 0 unspecified atom stereocenters. The lowest BCUT2D eigenvalue weighted by Crippen LogP contribution is -2.46. The molecule has 0 spiro atoms. The zero-order valence-corrected chi connectivity index (χ0v) is 19.0. The summed E-state index contributed by atoms with van der Waals surface area (Å²) >= 11 is 0. The van der Waals surface area contributed by atoms with Gasteiger partial charge in [0, 0.05) is 42.8 Å². The Morgan fingerprint density at radius 2 is 2.09 bits per heavy atom. The number of fused-ring (bicyclic) bond motifs is 1. The van der Waals surface area contributed by atoms with Crippen molar-refractivity contribution in [3.05, 3.63) is 65.4 Å². The average molecular weight is 458 g/mol. The summed E-state index contributed by atoms with van der Waals surface area (Å²) in [5.41, 5.74) is 9.22. The van der Waals surface area contributed by atoms with Crippen molar-refractivity contribution in [2.45, 2.75) is 25.8 Å². The number of aromatic nitrogens is 4. The summed E-state index contributed by atoms with van der Waals surface area (Å²) in [5.74, 6) is -0.400. The molecule has 1 saturated heterocycles. The number of carbonyl (C=O) groups is 1. The highest BCUT2D eigenvalue weighted by molar-refractivity contribution is 5.95. The smallest absolute Gasteiger partial charge is 0.274 e. The molecule has 3 heterocycles. The molecule has 172 valence electrons. The van der Waals surface area contributed by atoms with Crippen molar-refractivity contribution in [3.8, 4) is 23.1 Å². The van der Waals surface area contributed by atoms with Gasteiger partial charge in [-0.05, 0) is 56.2 Å². The lowest BCUT2D eigenvalue weighted by atomic mass is 10.1. The van der Waals surface area contributed by atoms with Gasteiger partial charge in [0.05, 0.1) is 23.0 Å². The maximum Gasteiger partial charge on any atom is 0.274 e. The van der Waals surface area contributed by atoms with Gasteiger partial charge in [0.15, 0.2) is 0 Å². The van der Waals surface area contributed by atoms with E-state index in [1.807, 2.05) is 42.8 Å². The molecule has 2 aromatic heterocycles. The Morgan fingerprint density at radius 3 is 2.82 bits per heavy atom. The number of aryl methyl sites for hydroxylation is 1. The van der Waals surface area contributed by atoms with Crippen LogP contribution in [0.3, 0.4) is 0 Å². The number of amides is 1. The fourth-order valence-electron chi connectivity index (χ4n) is 4.59. The minimum Gasteiger partial charge on any atom is -0.336 e. The monoisotopic (exact) mass is 457 g/mol. The normalized spacial score (nSPS) is 16.1. The van der Waals surface area contributed by atoms with Crippen LogP contribution in [0.2, 0.25) is 0 Å². The highest BCUT2D eigenvalue weighted by Gasteiger charge is 2.28. The minimum absolute atomic E-state index is 0.0473. The maximum atomic E-state index is 14.5. The van der Waals surface area contributed by atoms with E-state index in [4.69, 9.17) is 16.0 Å². The quantitative estimate of drug-likeness (QED) is 0.508. The third kappa shape index (κ3) is 3.62. The lowest BCUT2D eigenvalue weighted by Gasteiger charge is -2.30. The van der Waals surface area contributed by atoms with Gasteiger partial charge in [-0.25, -0.2) is 9.37 Å². The number of halogens is 1. The van der Waals surface area contributed by atoms with Gasteiger partial charge >= 0.3 is 0 Å². The van der Waals surface area contributed by atoms with Gasteiger partial charge in [0.2, 0.25) is 0 Å². The fourth-order valence-corrected chi connectivity index (χ4v) is 4.59. The van der Waals surface area contributed by atoms with Crippen molar-refractivity contribution in [2.75, 3.05) is 13.1 Å². The summed E-state index contributed by atoms with van der Waals surface area (Å²) < 4.78 is 18.2. The molecular weight excluding hydrogens is 433 g/mol. The van der Waals surface area contributed by atoms with Crippen LogP contribution < -0.4 is 5.73 Å². The van der Waals surface area contributed by atoms with Gasteiger partial charge in [-0.2, -0.15) is 10.4 Å². The highest BCUT2D eigenvalue weighted by Crippen LogP contribution is 2.30. The molecule has 0 saturated carbocycles. The zero-order valence-electron chi connectivity index (χ0n) is 19.0. The Bertz CT molecular complexity index is 1460. The molecule has 4 aromatic rings. The number of carbonyl (C=O) groups excluding carboxylic acids is 1. The Hall–Kier alpha value is -4.03. The van der Waals surface area contributed by atoms with Gasteiger partial charge < -0.3 is 10.6 Å². The number of imidazole rings is 1. The first-order chi connectivity index (χ1) is 16.4. The number of piperidine rings is 1. The van der Waals surface area contributed by atoms with Crippen LogP contribution in [0.4, 0.5) is 4.39 Å². The van der Waals surface area contributed by atoms with Crippen LogP contribution >= 0.6 is 0 Å². The number of likely N-dealkylation sites (tertiary alicyclic amines) is 1. The number of nitrogens with zero attached hydrogens (tertiary/aromatic N) is 6. The molecule has 0 aliphatic carbocycles. The van der Waals surface area contributed by atoms with E-state index < -0.39 is 5.82 Å². The maximum absolute atomic E-state index is 14.5. The first kappa shape index (κ1) is 21.8. The topological polar surface area (TPSA) is 106 Å². The third-order valence-corrected chi connectivity index (χ3v) is 6.39. The first-order valence-corrected chi connectivity index (χ1v) is 11.1. The summed E-state index contributed by atoms with van der Waals surface area (Å²) in [6, 6.07) is 12.0. The molecule has 1 atom stereocenters. The summed E-state index contributed by atoms with van der Waals surface area (Å²) in [7, 11) is 1.87. The predicted octanol–water partition coefficient (Wildman–Crippen LogP) is 3.31. The van der Waals surface area contributed by atoms with Gasteiger partial charge in [0.1, 0.15) is 23.4 Å². The Kier molecular flexibility index (Phi) is 5.38. The van der Waals surface area contributed by atoms with Crippen LogP contribution in [0.1, 0.15) is 34.6 Å². The van der Waals surface area contributed by atoms with Crippen molar-refractivity contribution in [1.29, 1.82) is 5.26 Å². The molecule has 1 amide bonds. The standard InChI is InChI=1S/C25H24FN7O/c1-15-23(25(34)32-9-3-4-19(28)14-32)30-24(16-5-6-17(12-27)21(26)11-16)33(15)20-7-8-22-18(10-20)13-29-31(22)2/h5-8,10-11,13,19H,3-4,9,14,28H2,1-2H3/t19-/m1/s1. The molecule has 1 aliphatic heterocycles. The van der Waals surface area contributed by atoms with Crippen molar-refractivity contribution < 1.29 is 9.18 Å². The van der Waals surface area contributed by atoms with Gasteiger partial charge in [-0.1, -0.05) is 0 Å². The van der Waals surface area contributed by atoms with Gasteiger partial charge in [-0.15, -0.1) is 0 Å². The van der Waals surface area contributed by atoms with E-state index in [0.717, 1.165) is 29.4 Å². The van der Waals surface area contributed by atoms with Crippen molar-refractivity contribution >= 4 is 16.8 Å². The molecule has 2 aromatic carbocycles. The van der Waals surface area contributed by atoms with E-state index in [1.54, 1.807) is 21.8 Å².